The molecular formula is C10H18N2O. The molecule has 0 spiro atoms. The normalized spacial score (nSPS) is 12.2. The third-order valence-corrected chi connectivity index (χ3v) is 1.68. The molecule has 0 aromatic carbocycles. The van der Waals surface area contributed by atoms with Gasteiger partial charge in [-0.05, 0) is 20.5 Å². The van der Waals surface area contributed by atoms with Gasteiger partial charge in [-0.1, -0.05) is 6.92 Å². The van der Waals surface area contributed by atoms with Crippen molar-refractivity contribution in [2.45, 2.75) is 25.8 Å². The molecule has 3 nitrogen and oxygen atoms in total. The smallest absolute Gasteiger partial charge is 0.234 e. The van der Waals surface area contributed by atoms with Gasteiger partial charge in [-0.3, -0.25) is 4.79 Å². The molecular weight excluding hydrogens is 164 g/mol. The molecule has 0 saturated heterocycles. The third kappa shape index (κ3) is 6.18. The minimum atomic E-state index is 0.0344. The maximum absolute atomic E-state index is 11.3. The first-order valence-electron chi connectivity index (χ1n) is 4.47. The zero-order valence-corrected chi connectivity index (χ0v) is 8.63. The molecule has 0 radical (unpaired) electrons. The van der Waals surface area contributed by atoms with Gasteiger partial charge in [0.2, 0.25) is 5.91 Å². The fraction of sp³-hybridized carbons (Fsp3) is 0.700. The first-order chi connectivity index (χ1) is 6.10. The molecule has 1 amide bonds. The molecule has 0 bridgehead atoms. The van der Waals surface area contributed by atoms with E-state index in [1.165, 1.54) is 0 Å². The van der Waals surface area contributed by atoms with Crippen molar-refractivity contribution in [1.82, 2.24) is 10.2 Å². The zero-order chi connectivity index (χ0) is 10.3. The number of terminal acetylenes is 1. The number of nitrogens with zero attached hydrogens (tertiary/aromatic N) is 1. The highest BCUT2D eigenvalue weighted by atomic mass is 16.2. The van der Waals surface area contributed by atoms with Gasteiger partial charge in [0, 0.05) is 12.5 Å². The van der Waals surface area contributed by atoms with Crippen molar-refractivity contribution in [3.05, 3.63) is 0 Å². The summed E-state index contributed by atoms with van der Waals surface area (Å²) in [5.74, 6) is 2.58. The van der Waals surface area contributed by atoms with E-state index in [9.17, 15) is 4.79 Å². The van der Waals surface area contributed by atoms with Crippen LogP contribution in [-0.2, 0) is 4.79 Å². The minimum Gasteiger partial charge on any atom is -0.351 e. The van der Waals surface area contributed by atoms with Crippen LogP contribution < -0.4 is 5.32 Å². The summed E-state index contributed by atoms with van der Waals surface area (Å²) in [5.41, 5.74) is 0. The molecule has 0 aromatic heterocycles. The van der Waals surface area contributed by atoms with Crippen LogP contribution in [-0.4, -0.2) is 37.5 Å². The maximum Gasteiger partial charge on any atom is 0.234 e. The molecule has 1 unspecified atom stereocenters. The van der Waals surface area contributed by atoms with E-state index in [1.54, 1.807) is 0 Å². The van der Waals surface area contributed by atoms with Gasteiger partial charge in [0.05, 0.1) is 6.54 Å². The largest absolute Gasteiger partial charge is 0.351 e. The number of nitrogens with one attached hydrogen (secondary N) is 1. The van der Waals surface area contributed by atoms with Crippen molar-refractivity contribution in [3.63, 3.8) is 0 Å². The number of hydrogen-bond donors (Lipinski definition) is 1. The average molecular weight is 182 g/mol. The molecule has 3 heteroatoms. The van der Waals surface area contributed by atoms with Crippen LogP contribution >= 0.6 is 0 Å². The van der Waals surface area contributed by atoms with Gasteiger partial charge in [0.15, 0.2) is 0 Å². The first kappa shape index (κ1) is 12.0. The predicted molar refractivity (Wildman–Crippen MR) is 54.2 cm³/mol. The summed E-state index contributed by atoms with van der Waals surface area (Å²) in [6, 6.07) is 0.123. The lowest BCUT2D eigenvalue weighted by Crippen LogP contribution is -2.39. The Hall–Kier alpha value is -1.01. The Balaban J connectivity index is 3.81. The Morgan fingerprint density at radius 3 is 2.62 bits per heavy atom. The van der Waals surface area contributed by atoms with Crippen LogP contribution in [0.2, 0.25) is 0 Å². The zero-order valence-electron chi connectivity index (χ0n) is 8.63. The third-order valence-electron chi connectivity index (χ3n) is 1.68. The number of carbonyl (C=O) groups is 1. The molecule has 0 aliphatic rings. The number of rotatable bonds is 5. The number of likely N-dealkylation sites (N-methyl/N-ethyl adjacent to an activating group) is 1. The number of amides is 1. The van der Waals surface area contributed by atoms with E-state index < -0.39 is 0 Å². The Labute approximate surface area is 80.5 Å². The lowest BCUT2D eigenvalue weighted by molar-refractivity contribution is -0.122. The van der Waals surface area contributed by atoms with Crippen molar-refractivity contribution in [2.24, 2.45) is 0 Å². The van der Waals surface area contributed by atoms with E-state index in [4.69, 9.17) is 6.42 Å². The summed E-state index contributed by atoms with van der Waals surface area (Å²) in [6.45, 7) is 2.43. The van der Waals surface area contributed by atoms with Gasteiger partial charge in [-0.2, -0.15) is 0 Å². The minimum absolute atomic E-state index is 0.0344. The lowest BCUT2D eigenvalue weighted by Gasteiger charge is -2.16. The van der Waals surface area contributed by atoms with Crippen LogP contribution in [0.1, 0.15) is 19.8 Å². The van der Waals surface area contributed by atoms with Crippen molar-refractivity contribution >= 4 is 5.91 Å². The van der Waals surface area contributed by atoms with Crippen LogP contribution in [0.4, 0.5) is 0 Å². The fourth-order valence-corrected chi connectivity index (χ4v) is 1.00. The van der Waals surface area contributed by atoms with Crippen LogP contribution in [0.25, 0.3) is 0 Å². The van der Waals surface area contributed by atoms with Gasteiger partial charge in [0.1, 0.15) is 0 Å². The highest BCUT2D eigenvalue weighted by Crippen LogP contribution is 1.95. The van der Waals surface area contributed by atoms with E-state index in [2.05, 4.69) is 11.2 Å². The van der Waals surface area contributed by atoms with E-state index in [0.717, 1.165) is 6.42 Å². The molecule has 74 valence electrons. The molecule has 1 atom stereocenters. The van der Waals surface area contributed by atoms with Crippen LogP contribution in [0.3, 0.4) is 0 Å². The van der Waals surface area contributed by atoms with Gasteiger partial charge in [-0.15, -0.1) is 12.3 Å². The molecule has 1 N–H and O–H groups in total. The molecule has 0 heterocycles. The number of carbonyl (C=O) groups excluding carboxylic acids is 1. The van der Waals surface area contributed by atoms with Gasteiger partial charge in [0.25, 0.3) is 0 Å². The molecule has 0 saturated carbocycles. The fourth-order valence-electron chi connectivity index (χ4n) is 1.00. The highest BCUT2D eigenvalue weighted by Gasteiger charge is 2.08. The average Bonchev–Trinajstić information content (AvgIpc) is 2.02. The molecule has 0 fully saturated rings. The van der Waals surface area contributed by atoms with Crippen LogP contribution in [0, 0.1) is 12.3 Å². The summed E-state index contributed by atoms with van der Waals surface area (Å²) < 4.78 is 0. The topological polar surface area (TPSA) is 32.3 Å². The summed E-state index contributed by atoms with van der Waals surface area (Å²) in [6.07, 6.45) is 6.66. The maximum atomic E-state index is 11.3. The molecule has 0 aromatic rings. The van der Waals surface area contributed by atoms with Crippen molar-refractivity contribution in [1.29, 1.82) is 0 Å². The summed E-state index contributed by atoms with van der Waals surface area (Å²) >= 11 is 0. The van der Waals surface area contributed by atoms with Crippen LogP contribution in [0.5, 0.6) is 0 Å². The molecule has 0 rings (SSSR count). The highest BCUT2D eigenvalue weighted by molar-refractivity contribution is 5.78. The SMILES string of the molecule is C#CCC(CC)NC(=O)CN(C)C. The Bertz CT molecular complexity index is 194. The summed E-state index contributed by atoms with van der Waals surface area (Å²) in [5, 5.41) is 2.88. The Morgan fingerprint density at radius 2 is 2.23 bits per heavy atom. The van der Waals surface area contributed by atoms with Crippen molar-refractivity contribution < 1.29 is 4.79 Å². The second kappa shape index (κ2) is 6.50. The number of hydrogen-bond acceptors (Lipinski definition) is 2. The van der Waals surface area contributed by atoms with E-state index >= 15 is 0 Å². The van der Waals surface area contributed by atoms with E-state index in [0.29, 0.717) is 13.0 Å². The van der Waals surface area contributed by atoms with Crippen molar-refractivity contribution in [2.75, 3.05) is 20.6 Å². The van der Waals surface area contributed by atoms with Gasteiger partial charge in [-0.25, -0.2) is 0 Å². The summed E-state index contributed by atoms with van der Waals surface area (Å²) in [4.78, 5) is 13.1. The Kier molecular flexibility index (Phi) is 5.99. The van der Waals surface area contributed by atoms with E-state index in [-0.39, 0.29) is 11.9 Å². The lowest BCUT2D eigenvalue weighted by atomic mass is 10.1. The standard InChI is InChI=1S/C10H18N2O/c1-5-7-9(6-2)11-10(13)8-12(3)4/h1,9H,6-8H2,2-4H3,(H,11,13). The van der Waals surface area contributed by atoms with E-state index in [1.807, 2.05) is 25.9 Å². The molecule has 0 aliphatic carbocycles. The van der Waals surface area contributed by atoms with Gasteiger partial charge < -0.3 is 10.2 Å². The molecule has 0 aliphatic heterocycles. The molecule has 13 heavy (non-hydrogen) atoms. The quantitative estimate of drug-likeness (QED) is 0.627. The Morgan fingerprint density at radius 1 is 1.62 bits per heavy atom. The monoisotopic (exact) mass is 182 g/mol. The van der Waals surface area contributed by atoms with Crippen molar-refractivity contribution in [3.8, 4) is 12.3 Å². The summed E-state index contributed by atoms with van der Waals surface area (Å²) in [7, 11) is 3.73. The van der Waals surface area contributed by atoms with Gasteiger partial charge >= 0.3 is 0 Å². The second-order valence-electron chi connectivity index (χ2n) is 3.32. The second-order valence-corrected chi connectivity index (χ2v) is 3.32. The first-order valence-corrected chi connectivity index (χ1v) is 4.47. The van der Waals surface area contributed by atoms with Crippen LogP contribution in [0.15, 0.2) is 0 Å². The predicted octanol–water partition coefficient (Wildman–Crippen LogP) is 0.466.